The number of hydrogen-bond donors (Lipinski definition) is 0. The summed E-state index contributed by atoms with van der Waals surface area (Å²) in [6, 6.07) is 5.43. The molecule has 0 aliphatic carbocycles. The molecule has 5 nitrogen and oxygen atoms in total. The summed E-state index contributed by atoms with van der Waals surface area (Å²) in [4.78, 5) is 10.5. The maximum atomic E-state index is 12.6. The second kappa shape index (κ2) is 6.13. The molecule has 0 fully saturated rings. The summed E-state index contributed by atoms with van der Waals surface area (Å²) >= 11 is 0. The normalized spacial score (nSPS) is 13.3. The number of halogens is 3. The van der Waals surface area contributed by atoms with Crippen molar-refractivity contribution in [3.63, 3.8) is 0 Å². The van der Waals surface area contributed by atoms with Crippen LogP contribution in [0.25, 0.3) is 0 Å². The van der Waals surface area contributed by atoms with E-state index in [-0.39, 0.29) is 6.61 Å². The van der Waals surface area contributed by atoms with Gasteiger partial charge in [-0.25, -0.2) is 8.42 Å². The molecule has 21 heavy (non-hydrogen) atoms. The molecule has 0 heterocycles. The first-order valence-electron chi connectivity index (χ1n) is 5.63. The predicted octanol–water partition coefficient (Wildman–Crippen LogP) is 2.15. The fourth-order valence-electron chi connectivity index (χ4n) is 1.56. The van der Waals surface area contributed by atoms with Gasteiger partial charge in [0.25, 0.3) is 9.84 Å². The Labute approximate surface area is 118 Å². The van der Waals surface area contributed by atoms with Crippen LogP contribution in [0.3, 0.4) is 0 Å². The molecule has 0 saturated heterocycles. The number of carbonyl (C=O) groups excluding carboxylic acids is 1. The molecule has 0 N–H and O–H groups in total. The van der Waals surface area contributed by atoms with Crippen LogP contribution in [0.4, 0.5) is 13.2 Å². The fourth-order valence-corrected chi connectivity index (χ4v) is 2.57. The minimum absolute atomic E-state index is 0.0921. The second-order valence-corrected chi connectivity index (χ2v) is 5.71. The molecule has 0 radical (unpaired) electrons. The third-order valence-corrected chi connectivity index (χ3v) is 4.04. The minimum Gasteiger partial charge on any atom is -0.465 e. The van der Waals surface area contributed by atoms with Crippen molar-refractivity contribution in [3.05, 3.63) is 29.8 Å². The Hall–Kier alpha value is -2.08. The molecule has 1 atom stereocenters. The number of nitrogens with zero attached hydrogens (tertiary/aromatic N) is 1. The lowest BCUT2D eigenvalue weighted by Gasteiger charge is -2.15. The lowest BCUT2D eigenvalue weighted by atomic mass is 10.0. The van der Waals surface area contributed by atoms with Crippen LogP contribution in [0, 0.1) is 11.3 Å². The van der Waals surface area contributed by atoms with Crippen LogP contribution in [0.1, 0.15) is 18.4 Å². The molecule has 1 aromatic rings. The van der Waals surface area contributed by atoms with Crippen LogP contribution in [0.5, 0.6) is 0 Å². The summed E-state index contributed by atoms with van der Waals surface area (Å²) < 4.78 is 65.4. The molecule has 0 aliphatic rings. The van der Waals surface area contributed by atoms with Crippen molar-refractivity contribution in [2.45, 2.75) is 23.2 Å². The molecule has 9 heteroatoms. The number of alkyl halides is 3. The van der Waals surface area contributed by atoms with E-state index in [0.29, 0.717) is 6.07 Å². The highest BCUT2D eigenvalue weighted by Gasteiger charge is 2.48. The van der Waals surface area contributed by atoms with E-state index in [1.54, 1.807) is 0 Å². The number of esters is 1. The average Bonchev–Trinajstić information content (AvgIpc) is 2.39. The van der Waals surface area contributed by atoms with E-state index in [2.05, 4.69) is 4.74 Å². The number of benzene rings is 1. The number of nitriles is 1. The largest absolute Gasteiger partial charge is 0.501 e. The second-order valence-electron chi connectivity index (χ2n) is 3.80. The van der Waals surface area contributed by atoms with Crippen molar-refractivity contribution in [3.8, 4) is 6.07 Å². The van der Waals surface area contributed by atoms with E-state index in [9.17, 15) is 26.4 Å². The van der Waals surface area contributed by atoms with Crippen LogP contribution in [-0.2, 0) is 19.4 Å². The summed E-state index contributed by atoms with van der Waals surface area (Å²) in [5.74, 6) is -2.86. The Morgan fingerprint density at radius 1 is 1.38 bits per heavy atom. The summed E-state index contributed by atoms with van der Waals surface area (Å²) in [5, 5.41) is 8.94. The zero-order chi connectivity index (χ0) is 16.3. The van der Waals surface area contributed by atoms with E-state index in [1.807, 2.05) is 0 Å². The molecule has 0 amide bonds. The van der Waals surface area contributed by atoms with E-state index in [1.165, 1.54) is 19.1 Å². The zero-order valence-electron chi connectivity index (χ0n) is 10.7. The highest BCUT2D eigenvalue weighted by Crippen LogP contribution is 2.34. The summed E-state index contributed by atoms with van der Waals surface area (Å²) in [6.45, 7) is 1.36. The van der Waals surface area contributed by atoms with Gasteiger partial charge in [0.05, 0.1) is 17.6 Å². The Morgan fingerprint density at radius 2 is 1.95 bits per heavy atom. The van der Waals surface area contributed by atoms with E-state index >= 15 is 0 Å². The molecule has 0 bridgehead atoms. The van der Waals surface area contributed by atoms with Gasteiger partial charge >= 0.3 is 11.5 Å². The van der Waals surface area contributed by atoms with Gasteiger partial charge in [-0.3, -0.25) is 4.79 Å². The third-order valence-electron chi connectivity index (χ3n) is 2.48. The zero-order valence-corrected chi connectivity index (χ0v) is 11.5. The van der Waals surface area contributed by atoms with Crippen LogP contribution in [-0.4, -0.2) is 26.5 Å². The minimum atomic E-state index is -5.67. The summed E-state index contributed by atoms with van der Waals surface area (Å²) in [7, 11) is -5.67. The molecule has 0 spiro atoms. The fraction of sp³-hybridized carbons (Fsp3) is 0.333. The van der Waals surface area contributed by atoms with Crippen molar-refractivity contribution < 1.29 is 31.1 Å². The molecule has 0 saturated carbocycles. The standard InChI is InChI=1S/C12H10F3NO4S/c1-2-20-11(17)9(7-16)8-5-3-4-6-10(8)21(18,19)12(13,14)15/h3-6,9H,2H2,1H3. The molecule has 114 valence electrons. The topological polar surface area (TPSA) is 84.2 Å². The number of hydrogen-bond acceptors (Lipinski definition) is 5. The van der Waals surface area contributed by atoms with Crippen molar-refractivity contribution in [2.24, 2.45) is 0 Å². The lowest BCUT2D eigenvalue weighted by Crippen LogP contribution is -2.26. The smallest absolute Gasteiger partial charge is 0.465 e. The first-order valence-corrected chi connectivity index (χ1v) is 7.11. The Bertz CT molecular complexity index is 676. The van der Waals surface area contributed by atoms with Crippen molar-refractivity contribution in [1.82, 2.24) is 0 Å². The quantitative estimate of drug-likeness (QED) is 0.793. The molecular weight excluding hydrogens is 311 g/mol. The highest BCUT2D eigenvalue weighted by molar-refractivity contribution is 7.92. The Kier molecular flexibility index (Phi) is 4.96. The molecule has 1 aromatic carbocycles. The maximum Gasteiger partial charge on any atom is 0.501 e. The highest BCUT2D eigenvalue weighted by atomic mass is 32.2. The first kappa shape index (κ1) is 17.0. The molecule has 1 rings (SSSR count). The lowest BCUT2D eigenvalue weighted by molar-refractivity contribution is -0.143. The summed E-state index contributed by atoms with van der Waals surface area (Å²) in [6.07, 6.45) is 0. The van der Waals surface area contributed by atoms with Crippen LogP contribution < -0.4 is 0 Å². The van der Waals surface area contributed by atoms with Crippen molar-refractivity contribution >= 4 is 15.8 Å². The van der Waals surface area contributed by atoms with Crippen molar-refractivity contribution in [2.75, 3.05) is 6.61 Å². The van der Waals surface area contributed by atoms with Gasteiger partial charge in [-0.2, -0.15) is 18.4 Å². The average molecular weight is 321 g/mol. The Balaban J connectivity index is 3.48. The monoisotopic (exact) mass is 321 g/mol. The van der Waals surface area contributed by atoms with Gasteiger partial charge in [0.2, 0.25) is 0 Å². The van der Waals surface area contributed by atoms with Gasteiger partial charge in [-0.05, 0) is 18.6 Å². The maximum absolute atomic E-state index is 12.6. The molecular formula is C12H10F3NO4S. The van der Waals surface area contributed by atoms with Crippen LogP contribution in [0.2, 0.25) is 0 Å². The number of sulfone groups is 1. The van der Waals surface area contributed by atoms with Gasteiger partial charge in [-0.1, -0.05) is 18.2 Å². The number of carbonyl (C=O) groups is 1. The Morgan fingerprint density at radius 3 is 2.43 bits per heavy atom. The molecule has 0 aromatic heterocycles. The number of rotatable bonds is 4. The molecule has 0 aliphatic heterocycles. The van der Waals surface area contributed by atoms with Gasteiger partial charge < -0.3 is 4.74 Å². The van der Waals surface area contributed by atoms with Crippen LogP contribution in [0.15, 0.2) is 29.2 Å². The third kappa shape index (κ3) is 3.33. The van der Waals surface area contributed by atoms with Gasteiger partial charge in [0, 0.05) is 0 Å². The first-order chi connectivity index (χ1) is 9.66. The SMILES string of the molecule is CCOC(=O)C(C#N)c1ccccc1S(=O)(=O)C(F)(F)F. The number of ether oxygens (including phenoxy) is 1. The van der Waals surface area contributed by atoms with E-state index in [4.69, 9.17) is 5.26 Å². The van der Waals surface area contributed by atoms with Gasteiger partial charge in [0.15, 0.2) is 5.92 Å². The van der Waals surface area contributed by atoms with Crippen molar-refractivity contribution in [1.29, 1.82) is 5.26 Å². The van der Waals surface area contributed by atoms with Gasteiger partial charge in [-0.15, -0.1) is 0 Å². The van der Waals surface area contributed by atoms with Crippen LogP contribution >= 0.6 is 0 Å². The summed E-state index contributed by atoms with van der Waals surface area (Å²) in [5.41, 5.74) is -6.09. The van der Waals surface area contributed by atoms with Gasteiger partial charge in [0.1, 0.15) is 0 Å². The molecule has 1 unspecified atom stereocenters. The van der Waals surface area contributed by atoms with E-state index in [0.717, 1.165) is 12.1 Å². The predicted molar refractivity (Wildman–Crippen MR) is 64.7 cm³/mol. The van der Waals surface area contributed by atoms with E-state index < -0.39 is 37.7 Å².